The molecular weight excluding hydrogens is 581 g/mol. The van der Waals surface area contributed by atoms with Gasteiger partial charge in [-0.05, 0) is 67.4 Å². The van der Waals surface area contributed by atoms with E-state index in [-0.39, 0.29) is 33.7 Å². The third kappa shape index (κ3) is 7.11. The molecule has 0 spiro atoms. The lowest BCUT2D eigenvalue weighted by atomic mass is 10.2. The smallest absolute Gasteiger partial charge is 0.264 e. The summed E-state index contributed by atoms with van der Waals surface area (Å²) in [4.78, 5) is 12.9. The van der Waals surface area contributed by atoms with Crippen molar-refractivity contribution in [2.75, 3.05) is 37.1 Å². The Morgan fingerprint density at radius 2 is 1.60 bits per heavy atom. The number of sulfonamides is 2. The number of hydrogen-bond donors (Lipinski definition) is 1. The van der Waals surface area contributed by atoms with Gasteiger partial charge in [-0.1, -0.05) is 36.2 Å². The zero-order valence-corrected chi connectivity index (χ0v) is 23.9. The molecule has 0 atom stereocenters. The molecule has 1 fully saturated rings. The summed E-state index contributed by atoms with van der Waals surface area (Å²) >= 11 is 5.88. The Balaban J connectivity index is 1.36. The number of nitrogens with one attached hydrogen (secondary N) is 1. The number of hydrogen-bond acceptors (Lipinski definition) is 6. The van der Waals surface area contributed by atoms with E-state index in [9.17, 15) is 26.0 Å². The van der Waals surface area contributed by atoms with Crippen LogP contribution in [0.4, 0.5) is 10.1 Å². The highest BCUT2D eigenvalue weighted by atomic mass is 35.5. The van der Waals surface area contributed by atoms with Crippen LogP contribution in [0.2, 0.25) is 5.02 Å². The first kappa shape index (κ1) is 29.8. The van der Waals surface area contributed by atoms with Crippen LogP contribution in [0.3, 0.4) is 0 Å². The van der Waals surface area contributed by atoms with Crippen molar-refractivity contribution in [2.45, 2.75) is 29.1 Å². The number of amides is 1. The van der Waals surface area contributed by atoms with E-state index in [2.05, 4.69) is 5.32 Å². The fraction of sp³-hybridized carbons (Fsp3) is 0.296. The molecule has 1 saturated heterocycles. The van der Waals surface area contributed by atoms with Crippen LogP contribution in [0.25, 0.3) is 0 Å². The largest absolute Gasteiger partial charge is 0.492 e. The van der Waals surface area contributed by atoms with Gasteiger partial charge in [0.2, 0.25) is 15.9 Å². The maximum Gasteiger partial charge on any atom is 0.264 e. The summed E-state index contributed by atoms with van der Waals surface area (Å²) in [6, 6.07) is 17.0. The van der Waals surface area contributed by atoms with Gasteiger partial charge in [0.25, 0.3) is 10.0 Å². The summed E-state index contributed by atoms with van der Waals surface area (Å²) in [6.45, 7) is 0.549. The molecule has 9 nitrogen and oxygen atoms in total. The third-order valence-electron chi connectivity index (χ3n) is 6.28. The van der Waals surface area contributed by atoms with Crippen molar-refractivity contribution < 1.29 is 30.8 Å². The first-order valence-corrected chi connectivity index (χ1v) is 15.9. The zero-order valence-electron chi connectivity index (χ0n) is 21.5. The maximum atomic E-state index is 13.7. The molecule has 40 heavy (non-hydrogen) atoms. The Bertz CT molecular complexity index is 1530. The van der Waals surface area contributed by atoms with Gasteiger partial charge in [-0.15, -0.1) is 0 Å². The molecule has 214 valence electrons. The van der Waals surface area contributed by atoms with Crippen LogP contribution >= 0.6 is 11.6 Å². The van der Waals surface area contributed by atoms with Gasteiger partial charge in [-0.3, -0.25) is 9.10 Å². The summed E-state index contributed by atoms with van der Waals surface area (Å²) in [6.07, 6.45) is 2.72. The van der Waals surface area contributed by atoms with Crippen molar-refractivity contribution in [2.24, 2.45) is 0 Å². The van der Waals surface area contributed by atoms with E-state index in [4.69, 9.17) is 16.3 Å². The second kappa shape index (κ2) is 13.0. The number of anilines is 1. The zero-order chi connectivity index (χ0) is 28.8. The molecule has 1 N–H and O–H groups in total. The van der Waals surface area contributed by atoms with Crippen molar-refractivity contribution in [1.29, 1.82) is 0 Å². The number of carbonyl (C=O) groups excluding carboxylic acids is 1. The monoisotopic (exact) mass is 609 g/mol. The molecule has 0 aromatic heterocycles. The van der Waals surface area contributed by atoms with E-state index in [1.807, 2.05) is 0 Å². The summed E-state index contributed by atoms with van der Waals surface area (Å²) in [5.74, 6) is -0.922. The standard InChI is InChI=1S/C27H29ClFN3O6S2/c28-25-19-21(9-14-26(25)29)32(40(36,37)23-7-3-1-4-8-23)20-27(33)30-15-18-38-22-10-12-24(13-11-22)39(34,35)31-16-5-2-6-17-31/h1,3-4,7-14,19H,2,5-6,15-18,20H2,(H,30,33). The topological polar surface area (TPSA) is 113 Å². The minimum Gasteiger partial charge on any atom is -0.492 e. The van der Waals surface area contributed by atoms with Gasteiger partial charge in [0.15, 0.2) is 0 Å². The van der Waals surface area contributed by atoms with Crippen molar-refractivity contribution in [3.63, 3.8) is 0 Å². The number of ether oxygens (including phenoxy) is 1. The van der Waals surface area contributed by atoms with Crippen molar-refractivity contribution >= 4 is 43.2 Å². The summed E-state index contributed by atoms with van der Waals surface area (Å²) in [7, 11) is -7.72. The molecule has 1 heterocycles. The normalized spacial score (nSPS) is 14.4. The van der Waals surface area contributed by atoms with E-state index in [1.165, 1.54) is 34.6 Å². The van der Waals surface area contributed by atoms with Gasteiger partial charge in [-0.2, -0.15) is 4.31 Å². The van der Waals surface area contributed by atoms with Crippen molar-refractivity contribution in [3.05, 3.63) is 83.6 Å². The first-order chi connectivity index (χ1) is 19.1. The van der Waals surface area contributed by atoms with Gasteiger partial charge < -0.3 is 10.1 Å². The molecule has 1 amide bonds. The maximum absolute atomic E-state index is 13.7. The van der Waals surface area contributed by atoms with Gasteiger partial charge in [0, 0.05) is 13.1 Å². The van der Waals surface area contributed by atoms with E-state index in [1.54, 1.807) is 30.3 Å². The minimum absolute atomic E-state index is 0.0289. The Labute approximate surface area is 238 Å². The van der Waals surface area contributed by atoms with E-state index < -0.39 is 38.3 Å². The molecule has 0 unspecified atom stereocenters. The fourth-order valence-corrected chi connectivity index (χ4v) is 7.31. The van der Waals surface area contributed by atoms with Crippen LogP contribution in [-0.4, -0.2) is 59.8 Å². The van der Waals surface area contributed by atoms with E-state index in [0.29, 0.717) is 18.8 Å². The van der Waals surface area contributed by atoms with Crippen molar-refractivity contribution in [3.8, 4) is 5.75 Å². The van der Waals surface area contributed by atoms with Crippen LogP contribution in [0, 0.1) is 5.82 Å². The second-order valence-electron chi connectivity index (χ2n) is 9.06. The highest BCUT2D eigenvalue weighted by Gasteiger charge is 2.28. The lowest BCUT2D eigenvalue weighted by Crippen LogP contribution is -2.42. The molecule has 1 aliphatic rings. The molecule has 4 rings (SSSR count). The molecule has 3 aromatic carbocycles. The van der Waals surface area contributed by atoms with Crippen LogP contribution < -0.4 is 14.4 Å². The quantitative estimate of drug-likeness (QED) is 0.328. The molecule has 0 aliphatic carbocycles. The van der Waals surface area contributed by atoms with E-state index >= 15 is 0 Å². The van der Waals surface area contributed by atoms with Crippen LogP contribution in [-0.2, 0) is 24.8 Å². The molecular formula is C27H29ClFN3O6S2. The molecule has 0 radical (unpaired) electrons. The average molecular weight is 610 g/mol. The van der Waals surface area contributed by atoms with E-state index in [0.717, 1.165) is 35.7 Å². The number of piperidine rings is 1. The minimum atomic E-state index is -4.17. The lowest BCUT2D eigenvalue weighted by molar-refractivity contribution is -0.119. The number of halogens is 2. The highest BCUT2D eigenvalue weighted by molar-refractivity contribution is 7.92. The molecule has 13 heteroatoms. The lowest BCUT2D eigenvalue weighted by Gasteiger charge is -2.25. The Morgan fingerprint density at radius 1 is 0.925 bits per heavy atom. The van der Waals surface area contributed by atoms with Crippen molar-refractivity contribution in [1.82, 2.24) is 9.62 Å². The Kier molecular flexibility index (Phi) is 9.67. The molecule has 3 aromatic rings. The van der Waals surface area contributed by atoms with Gasteiger partial charge in [0.1, 0.15) is 24.7 Å². The SMILES string of the molecule is O=C(CN(c1ccc(F)c(Cl)c1)S(=O)(=O)c1ccccc1)NCCOc1ccc(S(=O)(=O)N2CCCCC2)cc1. The second-order valence-corrected chi connectivity index (χ2v) is 13.3. The average Bonchev–Trinajstić information content (AvgIpc) is 2.96. The fourth-order valence-electron chi connectivity index (χ4n) is 4.18. The molecule has 0 bridgehead atoms. The number of nitrogens with zero attached hydrogens (tertiary/aromatic N) is 2. The van der Waals surface area contributed by atoms with Gasteiger partial charge in [0.05, 0.1) is 27.0 Å². The summed E-state index contributed by atoms with van der Waals surface area (Å²) in [5.41, 5.74) is 0.0289. The molecule has 0 saturated carbocycles. The highest BCUT2D eigenvalue weighted by Crippen LogP contribution is 2.28. The number of carbonyl (C=O) groups is 1. The predicted octanol–water partition coefficient (Wildman–Crippen LogP) is 4.04. The number of rotatable bonds is 11. The van der Waals surface area contributed by atoms with Crippen LogP contribution in [0.1, 0.15) is 19.3 Å². The molecule has 1 aliphatic heterocycles. The first-order valence-electron chi connectivity index (χ1n) is 12.6. The Hall–Kier alpha value is -3.19. The van der Waals surface area contributed by atoms with Gasteiger partial charge in [-0.25, -0.2) is 21.2 Å². The van der Waals surface area contributed by atoms with Crippen LogP contribution in [0.5, 0.6) is 5.75 Å². The summed E-state index contributed by atoms with van der Waals surface area (Å²) in [5, 5.41) is 2.32. The van der Waals surface area contributed by atoms with Crippen LogP contribution in [0.15, 0.2) is 82.6 Å². The number of benzene rings is 3. The predicted molar refractivity (Wildman–Crippen MR) is 150 cm³/mol. The Morgan fingerprint density at radius 3 is 2.25 bits per heavy atom. The third-order valence-corrected chi connectivity index (χ3v) is 10.3. The van der Waals surface area contributed by atoms with Gasteiger partial charge >= 0.3 is 0 Å². The summed E-state index contributed by atoms with van der Waals surface area (Å²) < 4.78 is 73.9.